The lowest BCUT2D eigenvalue weighted by atomic mass is 10.2. The molecule has 0 fully saturated rings. The van der Waals surface area contributed by atoms with Gasteiger partial charge in [0.05, 0.1) is 6.61 Å². The third kappa shape index (κ3) is 4.37. The molecule has 0 saturated carbocycles. The van der Waals surface area contributed by atoms with Crippen LogP contribution in [0.2, 0.25) is 0 Å². The largest absolute Gasteiger partial charge is 0.465 e. The van der Waals surface area contributed by atoms with Crippen molar-refractivity contribution in [2.24, 2.45) is 0 Å². The Balaban J connectivity index is 2.46. The Labute approximate surface area is 109 Å². The van der Waals surface area contributed by atoms with Crippen LogP contribution < -0.4 is 10.2 Å². The van der Waals surface area contributed by atoms with E-state index < -0.39 is 0 Å². The summed E-state index contributed by atoms with van der Waals surface area (Å²) in [6.07, 6.45) is 0. The summed E-state index contributed by atoms with van der Waals surface area (Å²) >= 11 is 0. The Bertz CT molecular complexity index is 374. The molecule has 0 radical (unpaired) electrons. The van der Waals surface area contributed by atoms with Gasteiger partial charge >= 0.3 is 5.97 Å². The predicted molar refractivity (Wildman–Crippen MR) is 73.7 cm³/mol. The van der Waals surface area contributed by atoms with Crippen LogP contribution in [0.3, 0.4) is 0 Å². The van der Waals surface area contributed by atoms with E-state index in [1.807, 2.05) is 27.9 Å². The van der Waals surface area contributed by atoms with E-state index in [1.165, 1.54) is 0 Å². The third-order valence-corrected chi connectivity index (χ3v) is 2.71. The lowest BCUT2D eigenvalue weighted by Crippen LogP contribution is -2.34. The average molecular weight is 250 g/mol. The molecular formula is C14H22N2O2. The van der Waals surface area contributed by atoms with Gasteiger partial charge in [-0.1, -0.05) is 12.1 Å². The van der Waals surface area contributed by atoms with Crippen molar-refractivity contribution in [3.05, 3.63) is 29.8 Å². The van der Waals surface area contributed by atoms with E-state index in [-0.39, 0.29) is 12.0 Å². The van der Waals surface area contributed by atoms with Crippen molar-refractivity contribution in [3.8, 4) is 0 Å². The van der Waals surface area contributed by atoms with Gasteiger partial charge in [-0.05, 0) is 31.5 Å². The summed E-state index contributed by atoms with van der Waals surface area (Å²) in [5.74, 6) is -0.206. The van der Waals surface area contributed by atoms with Crippen molar-refractivity contribution >= 4 is 11.7 Å². The summed E-state index contributed by atoms with van der Waals surface area (Å²) in [5.41, 5.74) is 2.31. The number of benzene rings is 1. The first-order valence-corrected chi connectivity index (χ1v) is 6.21. The minimum atomic E-state index is -0.279. The summed E-state index contributed by atoms with van der Waals surface area (Å²) < 4.78 is 4.93. The van der Waals surface area contributed by atoms with Crippen molar-refractivity contribution in [2.45, 2.75) is 26.4 Å². The summed E-state index contributed by atoms with van der Waals surface area (Å²) in [5, 5.41) is 3.14. The minimum Gasteiger partial charge on any atom is -0.465 e. The standard InChI is InChI=1S/C14H22N2O2/c1-5-18-14(17)11(2)15-10-12-6-8-13(9-7-12)16(3)4/h6-9,11,15H,5,10H2,1-4H3. The highest BCUT2D eigenvalue weighted by atomic mass is 16.5. The first kappa shape index (κ1) is 14.5. The Morgan fingerprint density at radius 1 is 1.33 bits per heavy atom. The molecule has 1 N–H and O–H groups in total. The predicted octanol–water partition coefficient (Wildman–Crippen LogP) is 1.79. The van der Waals surface area contributed by atoms with Crippen LogP contribution in [0.1, 0.15) is 19.4 Å². The second-order valence-corrected chi connectivity index (χ2v) is 4.42. The van der Waals surface area contributed by atoms with Crippen LogP contribution in [-0.2, 0) is 16.1 Å². The molecule has 0 spiro atoms. The number of ether oxygens (including phenoxy) is 1. The molecular weight excluding hydrogens is 228 g/mol. The molecule has 0 aromatic heterocycles. The van der Waals surface area contributed by atoms with Crippen LogP contribution in [0.25, 0.3) is 0 Å². The van der Waals surface area contributed by atoms with E-state index in [9.17, 15) is 4.79 Å². The zero-order chi connectivity index (χ0) is 13.5. The molecule has 4 heteroatoms. The van der Waals surface area contributed by atoms with E-state index in [0.717, 1.165) is 11.3 Å². The van der Waals surface area contributed by atoms with E-state index in [1.54, 1.807) is 0 Å². The summed E-state index contributed by atoms with van der Waals surface area (Å²) in [6, 6.07) is 7.96. The number of hydrogen-bond donors (Lipinski definition) is 1. The van der Waals surface area contributed by atoms with Gasteiger partial charge in [0.25, 0.3) is 0 Å². The molecule has 4 nitrogen and oxygen atoms in total. The molecule has 0 amide bonds. The topological polar surface area (TPSA) is 41.6 Å². The number of carbonyl (C=O) groups is 1. The molecule has 0 heterocycles. The molecule has 0 bridgehead atoms. The smallest absolute Gasteiger partial charge is 0.322 e. The van der Waals surface area contributed by atoms with Gasteiger partial charge < -0.3 is 15.0 Å². The van der Waals surface area contributed by atoms with Crippen LogP contribution in [0.5, 0.6) is 0 Å². The van der Waals surface area contributed by atoms with E-state index in [2.05, 4.69) is 34.5 Å². The number of nitrogens with zero attached hydrogens (tertiary/aromatic N) is 1. The lowest BCUT2D eigenvalue weighted by Gasteiger charge is -2.14. The fraction of sp³-hybridized carbons (Fsp3) is 0.500. The highest BCUT2D eigenvalue weighted by Gasteiger charge is 2.12. The van der Waals surface area contributed by atoms with Crippen LogP contribution in [0, 0.1) is 0 Å². The molecule has 1 aromatic rings. The second-order valence-electron chi connectivity index (χ2n) is 4.42. The summed E-state index contributed by atoms with van der Waals surface area (Å²) in [4.78, 5) is 13.5. The van der Waals surface area contributed by atoms with Crippen LogP contribution in [-0.4, -0.2) is 32.7 Å². The number of esters is 1. The summed E-state index contributed by atoms with van der Waals surface area (Å²) in [6.45, 7) is 4.70. The first-order chi connectivity index (χ1) is 8.54. The maximum Gasteiger partial charge on any atom is 0.322 e. The number of hydrogen-bond acceptors (Lipinski definition) is 4. The first-order valence-electron chi connectivity index (χ1n) is 6.21. The van der Waals surface area contributed by atoms with Crippen molar-refractivity contribution in [1.29, 1.82) is 0 Å². The van der Waals surface area contributed by atoms with E-state index in [4.69, 9.17) is 4.74 Å². The number of carbonyl (C=O) groups excluding carboxylic acids is 1. The maximum atomic E-state index is 11.4. The van der Waals surface area contributed by atoms with Crippen molar-refractivity contribution < 1.29 is 9.53 Å². The fourth-order valence-corrected chi connectivity index (χ4v) is 1.53. The molecule has 0 aliphatic carbocycles. The highest BCUT2D eigenvalue weighted by molar-refractivity contribution is 5.75. The molecule has 1 unspecified atom stereocenters. The van der Waals surface area contributed by atoms with Gasteiger partial charge in [-0.3, -0.25) is 4.79 Å². The number of rotatable bonds is 6. The zero-order valence-corrected chi connectivity index (χ0v) is 11.6. The van der Waals surface area contributed by atoms with E-state index >= 15 is 0 Å². The Morgan fingerprint density at radius 3 is 2.44 bits per heavy atom. The summed E-state index contributed by atoms with van der Waals surface area (Å²) in [7, 11) is 4.02. The quantitative estimate of drug-likeness (QED) is 0.782. The molecule has 0 aliphatic heterocycles. The van der Waals surface area contributed by atoms with Crippen LogP contribution in [0.4, 0.5) is 5.69 Å². The number of anilines is 1. The Hall–Kier alpha value is -1.55. The Kier molecular flexibility index (Phi) is 5.65. The average Bonchev–Trinajstić information content (AvgIpc) is 2.36. The van der Waals surface area contributed by atoms with Gasteiger partial charge in [0.1, 0.15) is 6.04 Å². The van der Waals surface area contributed by atoms with Gasteiger partial charge in [-0.15, -0.1) is 0 Å². The normalized spacial score (nSPS) is 12.0. The van der Waals surface area contributed by atoms with Crippen LogP contribution >= 0.6 is 0 Å². The van der Waals surface area contributed by atoms with Gasteiger partial charge in [0.2, 0.25) is 0 Å². The maximum absolute atomic E-state index is 11.4. The van der Waals surface area contributed by atoms with Gasteiger partial charge in [0.15, 0.2) is 0 Å². The monoisotopic (exact) mass is 250 g/mol. The van der Waals surface area contributed by atoms with Gasteiger partial charge in [-0.25, -0.2) is 0 Å². The van der Waals surface area contributed by atoms with Crippen molar-refractivity contribution in [1.82, 2.24) is 5.32 Å². The SMILES string of the molecule is CCOC(=O)C(C)NCc1ccc(N(C)C)cc1. The molecule has 1 aromatic carbocycles. The molecule has 0 saturated heterocycles. The molecule has 100 valence electrons. The minimum absolute atomic E-state index is 0.206. The fourth-order valence-electron chi connectivity index (χ4n) is 1.53. The molecule has 1 rings (SSSR count). The van der Waals surface area contributed by atoms with Crippen molar-refractivity contribution in [3.63, 3.8) is 0 Å². The Morgan fingerprint density at radius 2 is 1.94 bits per heavy atom. The molecule has 18 heavy (non-hydrogen) atoms. The molecule has 1 atom stereocenters. The molecule has 0 aliphatic rings. The number of nitrogens with one attached hydrogen (secondary N) is 1. The van der Waals surface area contributed by atoms with Crippen LogP contribution in [0.15, 0.2) is 24.3 Å². The van der Waals surface area contributed by atoms with Crippen molar-refractivity contribution in [2.75, 3.05) is 25.6 Å². The highest BCUT2D eigenvalue weighted by Crippen LogP contribution is 2.12. The lowest BCUT2D eigenvalue weighted by molar-refractivity contribution is -0.145. The second kappa shape index (κ2) is 7.01. The zero-order valence-electron chi connectivity index (χ0n) is 11.6. The third-order valence-electron chi connectivity index (χ3n) is 2.71. The van der Waals surface area contributed by atoms with Gasteiger partial charge in [0, 0.05) is 26.3 Å². The van der Waals surface area contributed by atoms with Gasteiger partial charge in [-0.2, -0.15) is 0 Å². The van der Waals surface area contributed by atoms with E-state index in [0.29, 0.717) is 13.2 Å².